The van der Waals surface area contributed by atoms with Gasteiger partial charge in [-0.3, -0.25) is 0 Å². The second kappa shape index (κ2) is 4.97. The van der Waals surface area contributed by atoms with Crippen LogP contribution in [0.1, 0.15) is 24.4 Å². The Morgan fingerprint density at radius 3 is 2.69 bits per heavy atom. The van der Waals surface area contributed by atoms with E-state index in [0.717, 1.165) is 10.3 Å². The molecule has 0 saturated carbocycles. The Hall–Kier alpha value is -0.870. The van der Waals surface area contributed by atoms with Crippen LogP contribution in [0.3, 0.4) is 0 Å². The van der Waals surface area contributed by atoms with E-state index in [0.29, 0.717) is 5.88 Å². The molecule has 2 rings (SSSR count). The van der Waals surface area contributed by atoms with Gasteiger partial charge in [0.25, 0.3) is 0 Å². The lowest BCUT2D eigenvalue weighted by atomic mass is 10.1. The first-order valence-electron chi connectivity index (χ1n) is 4.92. The van der Waals surface area contributed by atoms with Gasteiger partial charge in [-0.2, -0.15) is 0 Å². The van der Waals surface area contributed by atoms with Gasteiger partial charge < -0.3 is 4.57 Å². The maximum Gasteiger partial charge on any atom is 0.148 e. The Labute approximate surface area is 108 Å². The number of benzene rings is 1. The third kappa shape index (κ3) is 2.28. The molecule has 0 saturated heterocycles. The summed E-state index contributed by atoms with van der Waals surface area (Å²) in [6.45, 7) is 2.10. The van der Waals surface area contributed by atoms with Crippen LogP contribution in [0.15, 0.2) is 35.1 Å². The number of hydrogen-bond acceptors (Lipinski definition) is 2. The average molecular weight is 301 g/mol. The number of aromatic nitrogens is 3. The molecule has 0 aliphatic carbocycles. The predicted octanol–water partition coefficient (Wildman–Crippen LogP) is 3.39. The highest BCUT2D eigenvalue weighted by molar-refractivity contribution is 9.10. The minimum absolute atomic E-state index is 0.192. The number of halogens is 2. The Kier molecular flexibility index (Phi) is 3.61. The van der Waals surface area contributed by atoms with Gasteiger partial charge in [-0.25, -0.2) is 0 Å². The molecule has 0 radical (unpaired) electrons. The van der Waals surface area contributed by atoms with Gasteiger partial charge in [-0.15, -0.1) is 21.8 Å². The van der Waals surface area contributed by atoms with Crippen molar-refractivity contribution in [2.45, 2.75) is 18.8 Å². The van der Waals surface area contributed by atoms with E-state index >= 15 is 0 Å². The van der Waals surface area contributed by atoms with Crippen LogP contribution < -0.4 is 0 Å². The molecule has 0 amide bonds. The molecule has 2 aromatic rings. The number of hydrogen-bond donors (Lipinski definition) is 0. The van der Waals surface area contributed by atoms with Gasteiger partial charge in [-0.1, -0.05) is 28.1 Å². The molecule has 0 bridgehead atoms. The van der Waals surface area contributed by atoms with E-state index < -0.39 is 0 Å². The fraction of sp³-hybridized carbons (Fsp3) is 0.273. The van der Waals surface area contributed by atoms with Crippen LogP contribution in [0.5, 0.6) is 0 Å². The van der Waals surface area contributed by atoms with Gasteiger partial charge in [0.05, 0.1) is 11.9 Å². The number of alkyl halides is 1. The van der Waals surface area contributed by atoms with Crippen molar-refractivity contribution in [2.75, 3.05) is 0 Å². The molecule has 1 heterocycles. The summed E-state index contributed by atoms with van der Waals surface area (Å²) >= 11 is 9.22. The molecule has 1 unspecified atom stereocenters. The van der Waals surface area contributed by atoms with Crippen molar-refractivity contribution < 1.29 is 0 Å². The molecule has 0 aliphatic heterocycles. The maximum atomic E-state index is 5.80. The lowest BCUT2D eigenvalue weighted by molar-refractivity contribution is 0.614. The second-order valence-electron chi connectivity index (χ2n) is 3.52. The molecule has 0 aliphatic rings. The molecule has 1 aromatic heterocycles. The molecular weight excluding hydrogens is 289 g/mol. The first-order chi connectivity index (χ1) is 7.72. The first kappa shape index (κ1) is 11.6. The van der Waals surface area contributed by atoms with Crippen LogP contribution >= 0.6 is 27.5 Å². The van der Waals surface area contributed by atoms with E-state index in [1.54, 1.807) is 6.33 Å². The lowest BCUT2D eigenvalue weighted by Gasteiger charge is -2.15. The van der Waals surface area contributed by atoms with Crippen molar-refractivity contribution in [3.8, 4) is 0 Å². The van der Waals surface area contributed by atoms with E-state index in [2.05, 4.69) is 45.2 Å². The third-order valence-corrected chi connectivity index (χ3v) is 3.30. The highest BCUT2D eigenvalue weighted by atomic mass is 79.9. The van der Waals surface area contributed by atoms with Crippen LogP contribution in [0.25, 0.3) is 0 Å². The standard InChI is InChI=1S/C11H11BrClN3/c1-8(9-2-4-10(12)5-3-9)16-7-14-15-11(16)6-13/h2-5,7-8H,6H2,1H3. The van der Waals surface area contributed by atoms with Gasteiger partial charge in [0.1, 0.15) is 12.2 Å². The average Bonchev–Trinajstić information content (AvgIpc) is 2.77. The van der Waals surface area contributed by atoms with Crippen molar-refractivity contribution in [1.82, 2.24) is 14.8 Å². The zero-order valence-electron chi connectivity index (χ0n) is 8.77. The zero-order valence-corrected chi connectivity index (χ0v) is 11.1. The summed E-state index contributed by atoms with van der Waals surface area (Å²) in [5, 5.41) is 7.85. The normalized spacial score (nSPS) is 12.7. The van der Waals surface area contributed by atoms with Crippen LogP contribution in [0.4, 0.5) is 0 Å². The summed E-state index contributed by atoms with van der Waals surface area (Å²) in [5.74, 6) is 1.16. The SMILES string of the molecule is CC(c1ccc(Br)cc1)n1cnnc1CCl. The highest BCUT2D eigenvalue weighted by Crippen LogP contribution is 2.21. The van der Waals surface area contributed by atoms with Crippen molar-refractivity contribution >= 4 is 27.5 Å². The molecular formula is C11H11BrClN3. The van der Waals surface area contributed by atoms with E-state index in [4.69, 9.17) is 11.6 Å². The van der Waals surface area contributed by atoms with Crippen molar-refractivity contribution in [2.24, 2.45) is 0 Å². The Bertz CT molecular complexity index is 466. The summed E-state index contributed by atoms with van der Waals surface area (Å²) in [6, 6.07) is 8.39. The summed E-state index contributed by atoms with van der Waals surface area (Å²) in [7, 11) is 0. The van der Waals surface area contributed by atoms with Gasteiger partial charge in [0.15, 0.2) is 0 Å². The third-order valence-electron chi connectivity index (χ3n) is 2.54. The second-order valence-corrected chi connectivity index (χ2v) is 4.70. The van der Waals surface area contributed by atoms with Crippen LogP contribution in [0, 0.1) is 0 Å². The molecule has 0 fully saturated rings. The number of nitrogens with zero attached hydrogens (tertiary/aromatic N) is 3. The van der Waals surface area contributed by atoms with Crippen LogP contribution in [-0.4, -0.2) is 14.8 Å². The zero-order chi connectivity index (χ0) is 11.5. The van der Waals surface area contributed by atoms with Gasteiger partial charge in [0, 0.05) is 4.47 Å². The molecule has 16 heavy (non-hydrogen) atoms. The van der Waals surface area contributed by atoms with Crippen molar-refractivity contribution in [1.29, 1.82) is 0 Å². The molecule has 1 atom stereocenters. The van der Waals surface area contributed by atoms with Crippen molar-refractivity contribution in [3.05, 3.63) is 46.5 Å². The molecule has 0 N–H and O–H groups in total. The molecule has 1 aromatic carbocycles. The van der Waals surface area contributed by atoms with Crippen LogP contribution in [-0.2, 0) is 5.88 Å². The molecule has 84 valence electrons. The fourth-order valence-corrected chi connectivity index (χ4v) is 2.04. The quantitative estimate of drug-likeness (QED) is 0.814. The number of rotatable bonds is 3. The summed E-state index contributed by atoms with van der Waals surface area (Å²) in [4.78, 5) is 0. The van der Waals surface area contributed by atoms with E-state index in [-0.39, 0.29) is 6.04 Å². The Morgan fingerprint density at radius 1 is 1.38 bits per heavy atom. The van der Waals surface area contributed by atoms with Crippen LogP contribution in [0.2, 0.25) is 0 Å². The monoisotopic (exact) mass is 299 g/mol. The largest absolute Gasteiger partial charge is 0.309 e. The molecule has 5 heteroatoms. The van der Waals surface area contributed by atoms with E-state index in [9.17, 15) is 0 Å². The smallest absolute Gasteiger partial charge is 0.148 e. The minimum atomic E-state index is 0.192. The summed E-state index contributed by atoms with van der Waals surface area (Å²) in [6.07, 6.45) is 1.71. The van der Waals surface area contributed by atoms with E-state index in [1.807, 2.05) is 16.7 Å². The first-order valence-corrected chi connectivity index (χ1v) is 6.25. The fourth-order valence-electron chi connectivity index (χ4n) is 1.59. The van der Waals surface area contributed by atoms with E-state index in [1.165, 1.54) is 5.56 Å². The van der Waals surface area contributed by atoms with Gasteiger partial charge in [-0.05, 0) is 24.6 Å². The lowest BCUT2D eigenvalue weighted by Crippen LogP contribution is -2.08. The molecule has 0 spiro atoms. The van der Waals surface area contributed by atoms with Crippen molar-refractivity contribution in [3.63, 3.8) is 0 Å². The Morgan fingerprint density at radius 2 is 2.06 bits per heavy atom. The Balaban J connectivity index is 2.31. The summed E-state index contributed by atoms with van der Waals surface area (Å²) < 4.78 is 3.06. The van der Waals surface area contributed by atoms with Gasteiger partial charge in [0.2, 0.25) is 0 Å². The predicted molar refractivity (Wildman–Crippen MR) is 67.5 cm³/mol. The molecule has 3 nitrogen and oxygen atoms in total. The topological polar surface area (TPSA) is 30.7 Å². The minimum Gasteiger partial charge on any atom is -0.309 e. The van der Waals surface area contributed by atoms with Gasteiger partial charge >= 0.3 is 0 Å². The summed E-state index contributed by atoms with van der Waals surface area (Å²) in [5.41, 5.74) is 1.20. The maximum absolute atomic E-state index is 5.80. The highest BCUT2D eigenvalue weighted by Gasteiger charge is 2.11.